The van der Waals surface area contributed by atoms with Crippen molar-refractivity contribution in [1.29, 1.82) is 0 Å². The van der Waals surface area contributed by atoms with Gasteiger partial charge in [-0.3, -0.25) is 4.99 Å². The van der Waals surface area contributed by atoms with E-state index in [-0.39, 0.29) is 12.4 Å². The first kappa shape index (κ1) is 21.3. The normalized spacial score (nSPS) is 13.2. The molecule has 0 saturated carbocycles. The summed E-state index contributed by atoms with van der Waals surface area (Å²) in [5, 5.41) is 6.03. The summed E-state index contributed by atoms with van der Waals surface area (Å²) in [6.45, 7) is 4.40. The number of ether oxygens (including phenoxy) is 1. The Morgan fingerprint density at radius 2 is 2.04 bits per heavy atom. The van der Waals surface area contributed by atoms with Crippen LogP contribution in [0.2, 0.25) is 9.36 Å². The predicted octanol–water partition coefficient (Wildman–Crippen LogP) is 6.83. The van der Waals surface area contributed by atoms with Crippen LogP contribution in [-0.2, 0) is 0 Å². The highest BCUT2D eigenvalue weighted by atomic mass is 35.5. The van der Waals surface area contributed by atoms with Crippen molar-refractivity contribution in [3.63, 3.8) is 0 Å². The molecule has 3 aromatic rings. The van der Waals surface area contributed by atoms with E-state index in [1.807, 2.05) is 12.1 Å². The monoisotopic (exact) mass is 454 g/mol. The van der Waals surface area contributed by atoms with Crippen LogP contribution in [0, 0.1) is 0 Å². The number of nitrogens with one attached hydrogen (secondary N) is 1. The van der Waals surface area contributed by atoms with E-state index in [0.29, 0.717) is 11.6 Å². The first-order chi connectivity index (χ1) is 13.2. The molecule has 148 valence electrons. The minimum absolute atomic E-state index is 0. The fourth-order valence-electron chi connectivity index (χ4n) is 3.18. The lowest BCUT2D eigenvalue weighted by atomic mass is 10.0. The molecule has 1 aliphatic rings. The molecule has 0 bridgehead atoms. The topological polar surface area (TPSA) is 33.6 Å². The van der Waals surface area contributed by atoms with E-state index in [1.165, 1.54) is 0 Å². The van der Waals surface area contributed by atoms with Gasteiger partial charge >= 0.3 is 0 Å². The SMILES string of the molecule is CCCCOc1c(C2=NCCN2)cc2cc(-c3ccc(Cl)s3)ccc2c1Cl.Cl. The molecule has 2 aromatic carbocycles. The molecule has 1 aromatic heterocycles. The molecule has 0 fully saturated rings. The third-order valence-corrected chi connectivity index (χ3v) is 6.22. The number of rotatable bonds is 6. The van der Waals surface area contributed by atoms with E-state index in [9.17, 15) is 0 Å². The van der Waals surface area contributed by atoms with Gasteiger partial charge in [-0.15, -0.1) is 23.7 Å². The van der Waals surface area contributed by atoms with Crippen LogP contribution >= 0.6 is 46.9 Å². The van der Waals surface area contributed by atoms with Crippen molar-refractivity contribution in [2.75, 3.05) is 19.7 Å². The molecule has 0 radical (unpaired) electrons. The minimum atomic E-state index is 0. The second kappa shape index (κ2) is 9.36. The summed E-state index contributed by atoms with van der Waals surface area (Å²) in [4.78, 5) is 5.72. The molecule has 0 atom stereocenters. The molecular weight excluding hydrogens is 435 g/mol. The summed E-state index contributed by atoms with van der Waals surface area (Å²) in [6, 6.07) is 12.4. The van der Waals surface area contributed by atoms with E-state index < -0.39 is 0 Å². The molecule has 3 nitrogen and oxygen atoms in total. The minimum Gasteiger partial charge on any atom is -0.491 e. The number of aliphatic imine (C=N–C) groups is 1. The maximum atomic E-state index is 6.78. The van der Waals surface area contributed by atoms with Crippen molar-refractivity contribution in [1.82, 2.24) is 5.32 Å². The highest BCUT2D eigenvalue weighted by Crippen LogP contribution is 2.40. The van der Waals surface area contributed by atoms with E-state index in [1.54, 1.807) is 11.3 Å². The maximum Gasteiger partial charge on any atom is 0.149 e. The van der Waals surface area contributed by atoms with E-state index >= 15 is 0 Å². The van der Waals surface area contributed by atoms with Crippen LogP contribution in [-0.4, -0.2) is 25.5 Å². The van der Waals surface area contributed by atoms with Crippen molar-refractivity contribution in [3.8, 4) is 16.2 Å². The standard InChI is InChI=1S/C21H20Cl2N2OS.ClH/c1-2-3-10-26-20-16(21-24-8-9-25-21)12-14-11-13(4-5-15(14)19(20)23)17-6-7-18(22)27-17;/h4-7,11-12H,2-3,8-10H2,1H3,(H,24,25);1H. The average molecular weight is 456 g/mol. The first-order valence-corrected chi connectivity index (χ1v) is 10.7. The van der Waals surface area contributed by atoms with Crippen LogP contribution in [0.5, 0.6) is 5.75 Å². The lowest BCUT2D eigenvalue weighted by Gasteiger charge is -2.16. The third kappa shape index (κ3) is 4.25. The summed E-state index contributed by atoms with van der Waals surface area (Å²) < 4.78 is 6.86. The number of hydrogen-bond acceptors (Lipinski definition) is 4. The highest BCUT2D eigenvalue weighted by molar-refractivity contribution is 7.19. The van der Waals surface area contributed by atoms with Crippen LogP contribution in [0.25, 0.3) is 21.2 Å². The summed E-state index contributed by atoms with van der Waals surface area (Å²) in [5.74, 6) is 1.58. The van der Waals surface area contributed by atoms with Gasteiger partial charge in [-0.25, -0.2) is 0 Å². The molecule has 28 heavy (non-hydrogen) atoms. The van der Waals surface area contributed by atoms with Crippen LogP contribution in [0.3, 0.4) is 0 Å². The molecule has 1 aliphatic heterocycles. The van der Waals surface area contributed by atoms with Crippen LogP contribution in [0.1, 0.15) is 25.3 Å². The van der Waals surface area contributed by atoms with Gasteiger partial charge in [0.05, 0.1) is 28.1 Å². The molecule has 0 saturated heterocycles. The van der Waals surface area contributed by atoms with Gasteiger partial charge < -0.3 is 10.1 Å². The lowest BCUT2D eigenvalue weighted by molar-refractivity contribution is 0.309. The largest absolute Gasteiger partial charge is 0.491 e. The number of unbranched alkanes of at least 4 members (excludes halogenated alkanes) is 1. The fourth-order valence-corrected chi connectivity index (χ4v) is 4.55. The van der Waals surface area contributed by atoms with Crippen molar-refractivity contribution in [3.05, 3.63) is 51.3 Å². The zero-order valence-corrected chi connectivity index (χ0v) is 18.6. The van der Waals surface area contributed by atoms with E-state index in [4.69, 9.17) is 27.9 Å². The number of benzene rings is 2. The number of fused-ring (bicyclic) bond motifs is 1. The van der Waals surface area contributed by atoms with Gasteiger partial charge in [-0.1, -0.05) is 48.7 Å². The smallest absolute Gasteiger partial charge is 0.149 e. The average Bonchev–Trinajstić information content (AvgIpc) is 3.35. The Morgan fingerprint density at radius 3 is 2.71 bits per heavy atom. The van der Waals surface area contributed by atoms with Gasteiger partial charge in [-0.2, -0.15) is 0 Å². The number of hydrogen-bond donors (Lipinski definition) is 1. The fraction of sp³-hybridized carbons (Fsp3) is 0.286. The Kier molecular flexibility index (Phi) is 7.10. The molecule has 0 unspecified atom stereocenters. The van der Waals surface area contributed by atoms with Crippen LogP contribution < -0.4 is 10.1 Å². The summed E-state index contributed by atoms with van der Waals surface area (Å²) >= 11 is 14.5. The van der Waals surface area contributed by atoms with Crippen molar-refractivity contribution < 1.29 is 4.74 Å². The Hall–Kier alpha value is -1.46. The Labute approximate surface area is 185 Å². The molecular formula is C21H21Cl3N2OS. The lowest BCUT2D eigenvalue weighted by Crippen LogP contribution is -2.20. The maximum absolute atomic E-state index is 6.78. The van der Waals surface area contributed by atoms with Gasteiger partial charge in [0.1, 0.15) is 11.6 Å². The van der Waals surface area contributed by atoms with Gasteiger partial charge in [0.15, 0.2) is 0 Å². The highest BCUT2D eigenvalue weighted by Gasteiger charge is 2.20. The van der Waals surface area contributed by atoms with Gasteiger partial charge in [0.2, 0.25) is 0 Å². The molecule has 0 aliphatic carbocycles. The zero-order valence-electron chi connectivity index (χ0n) is 15.4. The molecule has 4 rings (SSSR count). The third-order valence-electron chi connectivity index (χ3n) is 4.56. The molecule has 0 spiro atoms. The van der Waals surface area contributed by atoms with Crippen molar-refractivity contribution >= 4 is 63.6 Å². The molecule has 1 N–H and O–H groups in total. The number of amidine groups is 1. The second-order valence-corrected chi connectivity index (χ2v) is 8.56. The van der Waals surface area contributed by atoms with E-state index in [2.05, 4.69) is 41.5 Å². The van der Waals surface area contributed by atoms with Crippen LogP contribution in [0.15, 0.2) is 41.4 Å². The Morgan fingerprint density at radius 1 is 1.18 bits per heavy atom. The second-order valence-electron chi connectivity index (χ2n) is 6.47. The van der Waals surface area contributed by atoms with Crippen LogP contribution in [0.4, 0.5) is 0 Å². The van der Waals surface area contributed by atoms with Gasteiger partial charge in [0.25, 0.3) is 0 Å². The molecule has 0 amide bonds. The molecule has 7 heteroatoms. The summed E-state index contributed by atoms with van der Waals surface area (Å²) in [7, 11) is 0. The first-order valence-electron chi connectivity index (χ1n) is 9.11. The quantitative estimate of drug-likeness (QED) is 0.413. The van der Waals surface area contributed by atoms with E-state index in [0.717, 1.165) is 68.6 Å². The number of halogens is 3. The zero-order chi connectivity index (χ0) is 18.8. The van der Waals surface area contributed by atoms with Gasteiger partial charge in [0, 0.05) is 16.8 Å². The van der Waals surface area contributed by atoms with Gasteiger partial charge in [-0.05, 0) is 41.6 Å². The number of thiophene rings is 1. The predicted molar refractivity (Wildman–Crippen MR) is 124 cm³/mol. The number of nitrogens with zero attached hydrogens (tertiary/aromatic N) is 1. The Balaban J connectivity index is 0.00000225. The Bertz CT molecular complexity index is 1020. The van der Waals surface area contributed by atoms with Crippen molar-refractivity contribution in [2.24, 2.45) is 4.99 Å². The summed E-state index contributed by atoms with van der Waals surface area (Å²) in [5.41, 5.74) is 2.06. The summed E-state index contributed by atoms with van der Waals surface area (Å²) in [6.07, 6.45) is 2.07. The van der Waals surface area contributed by atoms with Crippen molar-refractivity contribution in [2.45, 2.75) is 19.8 Å². The molecule has 2 heterocycles.